The minimum absolute atomic E-state index is 0.121. The van der Waals surface area contributed by atoms with Crippen molar-refractivity contribution in [3.8, 4) is 0 Å². The molecule has 1 unspecified atom stereocenters. The summed E-state index contributed by atoms with van der Waals surface area (Å²) in [5, 5.41) is 8.83. The van der Waals surface area contributed by atoms with E-state index in [-0.39, 0.29) is 24.3 Å². The Morgan fingerprint density at radius 3 is 2.32 bits per heavy atom. The van der Waals surface area contributed by atoms with Gasteiger partial charge >= 0.3 is 5.97 Å². The van der Waals surface area contributed by atoms with Crippen molar-refractivity contribution in [3.05, 3.63) is 35.6 Å². The van der Waals surface area contributed by atoms with E-state index < -0.39 is 5.97 Å². The third kappa shape index (κ3) is 4.63. The molecular formula is C15H22FNO2. The summed E-state index contributed by atoms with van der Waals surface area (Å²) in [5.74, 6) is -1.04. The molecule has 1 aromatic carbocycles. The molecule has 0 spiro atoms. The highest BCUT2D eigenvalue weighted by Gasteiger charge is 2.21. The predicted molar refractivity (Wildman–Crippen MR) is 73.5 cm³/mol. The number of carbonyl (C=O) groups is 1. The number of carboxylic acids is 1. The van der Waals surface area contributed by atoms with E-state index >= 15 is 0 Å². The zero-order chi connectivity index (χ0) is 14.4. The van der Waals surface area contributed by atoms with Crippen LogP contribution in [0.5, 0.6) is 0 Å². The molecule has 19 heavy (non-hydrogen) atoms. The van der Waals surface area contributed by atoms with Gasteiger partial charge in [0.1, 0.15) is 5.82 Å². The highest BCUT2D eigenvalue weighted by atomic mass is 19.1. The van der Waals surface area contributed by atoms with Crippen LogP contribution in [0.3, 0.4) is 0 Å². The van der Waals surface area contributed by atoms with Gasteiger partial charge in [0.2, 0.25) is 0 Å². The minimum Gasteiger partial charge on any atom is -0.481 e. The number of benzene rings is 1. The average molecular weight is 267 g/mol. The molecule has 1 N–H and O–H groups in total. The molecule has 0 aliphatic carbocycles. The first-order chi connectivity index (χ1) is 8.95. The maximum atomic E-state index is 13.0. The van der Waals surface area contributed by atoms with Gasteiger partial charge in [-0.25, -0.2) is 4.39 Å². The Labute approximate surface area is 114 Å². The number of rotatable bonds is 7. The minimum atomic E-state index is -0.792. The zero-order valence-corrected chi connectivity index (χ0v) is 11.8. The molecule has 0 saturated carbocycles. The van der Waals surface area contributed by atoms with Gasteiger partial charge in [0.05, 0.1) is 6.42 Å². The molecule has 1 atom stereocenters. The highest BCUT2D eigenvalue weighted by Crippen LogP contribution is 2.26. The molecule has 106 valence electrons. The van der Waals surface area contributed by atoms with Gasteiger partial charge in [0, 0.05) is 18.6 Å². The van der Waals surface area contributed by atoms with Crippen molar-refractivity contribution in [1.29, 1.82) is 0 Å². The monoisotopic (exact) mass is 267 g/mol. The van der Waals surface area contributed by atoms with E-state index in [1.165, 1.54) is 12.1 Å². The van der Waals surface area contributed by atoms with Crippen LogP contribution in [0.15, 0.2) is 24.3 Å². The van der Waals surface area contributed by atoms with Crippen molar-refractivity contribution >= 4 is 5.97 Å². The second kappa shape index (κ2) is 7.24. The third-order valence-corrected chi connectivity index (χ3v) is 3.29. The predicted octanol–water partition coefficient (Wildman–Crippen LogP) is 3.46. The standard InChI is InChI=1S/C15H22FNO2/c1-4-14(12-5-7-13(16)8-6-12)17(11(2)3)10-9-15(18)19/h5-8,11,14H,4,9-10H2,1-3H3,(H,18,19). The number of hydrogen-bond acceptors (Lipinski definition) is 2. The van der Waals surface area contributed by atoms with E-state index in [2.05, 4.69) is 11.8 Å². The molecule has 4 heteroatoms. The Bertz CT molecular complexity index is 403. The summed E-state index contributed by atoms with van der Waals surface area (Å²) < 4.78 is 13.0. The summed E-state index contributed by atoms with van der Waals surface area (Å²) in [6.45, 7) is 6.66. The van der Waals surface area contributed by atoms with Crippen LogP contribution in [-0.2, 0) is 4.79 Å². The summed E-state index contributed by atoms with van der Waals surface area (Å²) in [6.07, 6.45) is 0.985. The summed E-state index contributed by atoms with van der Waals surface area (Å²) in [4.78, 5) is 12.9. The first-order valence-corrected chi connectivity index (χ1v) is 6.68. The maximum absolute atomic E-state index is 13.0. The molecule has 0 aliphatic rings. The molecule has 0 radical (unpaired) electrons. The van der Waals surface area contributed by atoms with Crippen molar-refractivity contribution in [2.24, 2.45) is 0 Å². The third-order valence-electron chi connectivity index (χ3n) is 3.29. The van der Waals surface area contributed by atoms with E-state index in [0.717, 1.165) is 12.0 Å². The van der Waals surface area contributed by atoms with E-state index in [0.29, 0.717) is 6.54 Å². The SMILES string of the molecule is CCC(c1ccc(F)cc1)N(CCC(=O)O)C(C)C. The van der Waals surface area contributed by atoms with Crippen LogP contribution < -0.4 is 0 Å². The quantitative estimate of drug-likeness (QED) is 0.822. The van der Waals surface area contributed by atoms with E-state index in [9.17, 15) is 9.18 Å². The maximum Gasteiger partial charge on any atom is 0.304 e. The topological polar surface area (TPSA) is 40.5 Å². The van der Waals surface area contributed by atoms with Crippen LogP contribution in [0, 0.1) is 5.82 Å². The number of nitrogens with zero attached hydrogens (tertiary/aromatic N) is 1. The van der Waals surface area contributed by atoms with E-state index in [1.54, 1.807) is 12.1 Å². The summed E-state index contributed by atoms with van der Waals surface area (Å²) >= 11 is 0. The van der Waals surface area contributed by atoms with Gasteiger partial charge in [-0.15, -0.1) is 0 Å². The highest BCUT2D eigenvalue weighted by molar-refractivity contribution is 5.66. The molecule has 0 aliphatic heterocycles. The van der Waals surface area contributed by atoms with E-state index in [4.69, 9.17) is 5.11 Å². The average Bonchev–Trinajstić information content (AvgIpc) is 2.35. The van der Waals surface area contributed by atoms with Gasteiger partial charge in [0.25, 0.3) is 0 Å². The van der Waals surface area contributed by atoms with Crippen LogP contribution in [-0.4, -0.2) is 28.6 Å². The van der Waals surface area contributed by atoms with Crippen LogP contribution in [0.4, 0.5) is 4.39 Å². The first-order valence-electron chi connectivity index (χ1n) is 6.68. The van der Waals surface area contributed by atoms with Crippen molar-refractivity contribution in [1.82, 2.24) is 4.90 Å². The fourth-order valence-corrected chi connectivity index (χ4v) is 2.35. The van der Waals surface area contributed by atoms with Crippen LogP contribution >= 0.6 is 0 Å². The molecule has 0 fully saturated rings. The Kier molecular flexibility index (Phi) is 5.96. The molecule has 0 saturated heterocycles. The number of carboxylic acid groups (broad SMARTS) is 1. The molecule has 1 aromatic rings. The molecule has 0 bridgehead atoms. The first kappa shape index (κ1) is 15.6. The zero-order valence-electron chi connectivity index (χ0n) is 11.8. The summed E-state index contributed by atoms with van der Waals surface area (Å²) in [5.41, 5.74) is 1.03. The number of aliphatic carboxylic acids is 1. The van der Waals surface area contributed by atoms with Crippen molar-refractivity contribution in [2.45, 2.75) is 45.7 Å². The second-order valence-corrected chi connectivity index (χ2v) is 4.95. The summed E-state index contributed by atoms with van der Waals surface area (Å²) in [6, 6.07) is 6.83. The van der Waals surface area contributed by atoms with Gasteiger partial charge in [-0.3, -0.25) is 9.69 Å². The van der Waals surface area contributed by atoms with Crippen LogP contribution in [0.1, 0.15) is 45.2 Å². The second-order valence-electron chi connectivity index (χ2n) is 4.95. The Morgan fingerprint density at radius 2 is 1.89 bits per heavy atom. The lowest BCUT2D eigenvalue weighted by atomic mass is 10.0. The fraction of sp³-hybridized carbons (Fsp3) is 0.533. The molecule has 3 nitrogen and oxygen atoms in total. The van der Waals surface area contributed by atoms with Crippen molar-refractivity contribution in [3.63, 3.8) is 0 Å². The molecule has 1 rings (SSSR count). The lowest BCUT2D eigenvalue weighted by Gasteiger charge is -2.34. The largest absolute Gasteiger partial charge is 0.481 e. The van der Waals surface area contributed by atoms with Crippen LogP contribution in [0.25, 0.3) is 0 Å². The normalized spacial score (nSPS) is 12.9. The Morgan fingerprint density at radius 1 is 1.32 bits per heavy atom. The van der Waals surface area contributed by atoms with Gasteiger partial charge in [-0.05, 0) is 38.0 Å². The lowest BCUT2D eigenvalue weighted by Crippen LogP contribution is -2.36. The van der Waals surface area contributed by atoms with Crippen molar-refractivity contribution < 1.29 is 14.3 Å². The van der Waals surface area contributed by atoms with Crippen LogP contribution in [0.2, 0.25) is 0 Å². The fourth-order valence-electron chi connectivity index (χ4n) is 2.35. The number of halogens is 1. The van der Waals surface area contributed by atoms with Gasteiger partial charge in [-0.2, -0.15) is 0 Å². The summed E-state index contributed by atoms with van der Waals surface area (Å²) in [7, 11) is 0. The Balaban J connectivity index is 2.89. The van der Waals surface area contributed by atoms with E-state index in [1.807, 2.05) is 13.8 Å². The van der Waals surface area contributed by atoms with Gasteiger partial charge in [-0.1, -0.05) is 19.1 Å². The number of hydrogen-bond donors (Lipinski definition) is 1. The Hall–Kier alpha value is -1.42. The van der Waals surface area contributed by atoms with Gasteiger partial charge < -0.3 is 5.11 Å². The molecule has 0 amide bonds. The van der Waals surface area contributed by atoms with Crippen molar-refractivity contribution in [2.75, 3.05) is 6.54 Å². The molecule has 0 heterocycles. The van der Waals surface area contributed by atoms with Gasteiger partial charge in [0.15, 0.2) is 0 Å². The lowest BCUT2D eigenvalue weighted by molar-refractivity contribution is -0.137. The molecular weight excluding hydrogens is 245 g/mol. The molecule has 0 aromatic heterocycles. The smallest absolute Gasteiger partial charge is 0.304 e.